The second-order valence-electron chi connectivity index (χ2n) is 2.89. The number of rotatable bonds is 5. The SMILES string of the molecule is Cc1oc(COCC(F)F)cc1C(=O)O. The molecular weight excluding hydrogens is 210 g/mol. The van der Waals surface area contributed by atoms with Gasteiger partial charge in [-0.15, -0.1) is 0 Å². The number of halogens is 2. The molecule has 0 unspecified atom stereocenters. The molecule has 1 rings (SSSR count). The third-order valence-corrected chi connectivity index (χ3v) is 1.69. The molecule has 1 N–H and O–H groups in total. The van der Waals surface area contributed by atoms with Crippen molar-refractivity contribution < 1.29 is 27.8 Å². The molecule has 0 aliphatic carbocycles. The van der Waals surface area contributed by atoms with Gasteiger partial charge in [0.2, 0.25) is 0 Å². The zero-order valence-corrected chi connectivity index (χ0v) is 8.00. The first-order valence-electron chi connectivity index (χ1n) is 4.19. The fourth-order valence-electron chi connectivity index (χ4n) is 1.08. The van der Waals surface area contributed by atoms with E-state index in [2.05, 4.69) is 4.74 Å². The van der Waals surface area contributed by atoms with E-state index in [1.165, 1.54) is 13.0 Å². The summed E-state index contributed by atoms with van der Waals surface area (Å²) < 4.78 is 33.0. The van der Waals surface area contributed by atoms with Crippen molar-refractivity contribution in [1.29, 1.82) is 0 Å². The fraction of sp³-hybridized carbons (Fsp3) is 0.444. The van der Waals surface area contributed by atoms with Crippen molar-refractivity contribution in [3.05, 3.63) is 23.2 Å². The number of carboxylic acid groups (broad SMARTS) is 1. The van der Waals surface area contributed by atoms with Gasteiger partial charge in [0.05, 0.1) is 0 Å². The number of hydrogen-bond acceptors (Lipinski definition) is 3. The van der Waals surface area contributed by atoms with Crippen LogP contribution in [0.2, 0.25) is 0 Å². The van der Waals surface area contributed by atoms with Gasteiger partial charge < -0.3 is 14.3 Å². The molecule has 0 aliphatic heterocycles. The number of furan rings is 1. The van der Waals surface area contributed by atoms with Gasteiger partial charge >= 0.3 is 5.97 Å². The van der Waals surface area contributed by atoms with Crippen molar-refractivity contribution in [2.45, 2.75) is 20.0 Å². The number of aryl methyl sites for hydroxylation is 1. The summed E-state index contributed by atoms with van der Waals surface area (Å²) in [6.07, 6.45) is -2.54. The highest BCUT2D eigenvalue weighted by Gasteiger charge is 2.13. The van der Waals surface area contributed by atoms with E-state index in [-0.39, 0.29) is 23.7 Å². The Morgan fingerprint density at radius 2 is 2.33 bits per heavy atom. The second-order valence-corrected chi connectivity index (χ2v) is 2.89. The first-order chi connectivity index (χ1) is 7.00. The fourth-order valence-corrected chi connectivity index (χ4v) is 1.08. The molecule has 0 saturated carbocycles. The Morgan fingerprint density at radius 1 is 1.67 bits per heavy atom. The lowest BCUT2D eigenvalue weighted by Gasteiger charge is -1.99. The summed E-state index contributed by atoms with van der Waals surface area (Å²) in [5, 5.41) is 8.67. The minimum Gasteiger partial charge on any atom is -0.478 e. The van der Waals surface area contributed by atoms with E-state index in [9.17, 15) is 13.6 Å². The molecule has 0 bridgehead atoms. The molecule has 0 spiro atoms. The van der Waals surface area contributed by atoms with Crippen LogP contribution < -0.4 is 0 Å². The van der Waals surface area contributed by atoms with Crippen LogP contribution in [0.4, 0.5) is 8.78 Å². The average molecular weight is 220 g/mol. The summed E-state index contributed by atoms with van der Waals surface area (Å²) >= 11 is 0. The van der Waals surface area contributed by atoms with Crippen molar-refractivity contribution in [3.63, 3.8) is 0 Å². The van der Waals surface area contributed by atoms with Crippen molar-refractivity contribution in [2.24, 2.45) is 0 Å². The van der Waals surface area contributed by atoms with Crippen LogP contribution in [0.3, 0.4) is 0 Å². The van der Waals surface area contributed by atoms with Crippen LogP contribution in [0.1, 0.15) is 21.9 Å². The van der Waals surface area contributed by atoms with E-state index < -0.39 is 19.0 Å². The molecule has 0 radical (unpaired) electrons. The van der Waals surface area contributed by atoms with Crippen LogP contribution in [0.15, 0.2) is 10.5 Å². The molecule has 15 heavy (non-hydrogen) atoms. The van der Waals surface area contributed by atoms with E-state index in [4.69, 9.17) is 9.52 Å². The molecule has 4 nitrogen and oxygen atoms in total. The molecule has 0 aliphatic rings. The Morgan fingerprint density at radius 3 is 2.80 bits per heavy atom. The van der Waals surface area contributed by atoms with Crippen molar-refractivity contribution >= 4 is 5.97 Å². The summed E-state index contributed by atoms with van der Waals surface area (Å²) in [6, 6.07) is 1.27. The summed E-state index contributed by atoms with van der Waals surface area (Å²) in [5.74, 6) is -0.653. The quantitative estimate of drug-likeness (QED) is 0.825. The van der Waals surface area contributed by atoms with Gasteiger partial charge in [0.25, 0.3) is 6.43 Å². The van der Waals surface area contributed by atoms with Gasteiger partial charge in [-0.3, -0.25) is 0 Å². The summed E-state index contributed by atoms with van der Waals surface area (Å²) in [4.78, 5) is 10.6. The smallest absolute Gasteiger partial charge is 0.339 e. The van der Waals surface area contributed by atoms with E-state index in [0.717, 1.165) is 0 Å². The first kappa shape index (κ1) is 11.6. The molecule has 1 aromatic heterocycles. The van der Waals surface area contributed by atoms with E-state index in [0.29, 0.717) is 0 Å². The zero-order chi connectivity index (χ0) is 11.4. The molecule has 0 atom stereocenters. The molecule has 0 aromatic carbocycles. The maximum Gasteiger partial charge on any atom is 0.339 e. The minimum atomic E-state index is -2.54. The monoisotopic (exact) mass is 220 g/mol. The normalized spacial score (nSPS) is 10.9. The molecule has 6 heteroatoms. The Labute approximate surface area is 84.5 Å². The maximum atomic E-state index is 11.7. The van der Waals surface area contributed by atoms with Crippen molar-refractivity contribution in [2.75, 3.05) is 6.61 Å². The minimum absolute atomic E-state index is 0.0191. The lowest BCUT2D eigenvalue weighted by Crippen LogP contribution is -2.03. The van der Waals surface area contributed by atoms with Crippen LogP contribution in [-0.4, -0.2) is 24.1 Å². The standard InChI is InChI=1S/C9H10F2O4/c1-5-7(9(12)13)2-6(15-5)3-14-4-8(10)11/h2,8H,3-4H2,1H3,(H,12,13). The molecule has 1 heterocycles. The van der Waals surface area contributed by atoms with Gasteiger partial charge in [-0.25, -0.2) is 13.6 Å². The van der Waals surface area contributed by atoms with Crippen molar-refractivity contribution in [1.82, 2.24) is 0 Å². The maximum absolute atomic E-state index is 11.7. The Hall–Kier alpha value is -1.43. The van der Waals surface area contributed by atoms with Crippen LogP contribution in [-0.2, 0) is 11.3 Å². The second kappa shape index (κ2) is 4.88. The van der Waals surface area contributed by atoms with Gasteiger partial charge in [-0.05, 0) is 13.0 Å². The number of hydrogen-bond donors (Lipinski definition) is 1. The highest BCUT2D eigenvalue weighted by molar-refractivity contribution is 5.88. The average Bonchev–Trinajstić information content (AvgIpc) is 2.46. The van der Waals surface area contributed by atoms with Gasteiger partial charge in [0.15, 0.2) is 0 Å². The molecule has 84 valence electrons. The van der Waals surface area contributed by atoms with Gasteiger partial charge in [-0.1, -0.05) is 0 Å². The summed E-state index contributed by atoms with van der Waals surface area (Å²) in [5.41, 5.74) is 0.0191. The summed E-state index contributed by atoms with van der Waals surface area (Å²) in [6.45, 7) is 0.640. The number of carboxylic acids is 1. The lowest BCUT2D eigenvalue weighted by molar-refractivity contribution is 0.00436. The number of ether oxygens (including phenoxy) is 1. The number of alkyl halides is 2. The predicted molar refractivity (Wildman–Crippen MR) is 46.1 cm³/mol. The van der Waals surface area contributed by atoms with Crippen LogP contribution >= 0.6 is 0 Å². The zero-order valence-electron chi connectivity index (χ0n) is 8.00. The van der Waals surface area contributed by atoms with Gasteiger partial charge in [0.1, 0.15) is 30.3 Å². The predicted octanol–water partition coefficient (Wildman–Crippen LogP) is 2.07. The molecule has 0 fully saturated rings. The van der Waals surface area contributed by atoms with Crippen LogP contribution in [0.5, 0.6) is 0 Å². The number of carbonyl (C=O) groups is 1. The lowest BCUT2D eigenvalue weighted by atomic mass is 10.2. The third-order valence-electron chi connectivity index (χ3n) is 1.69. The molecule has 0 amide bonds. The molecule has 1 aromatic rings. The Bertz CT molecular complexity index is 346. The summed E-state index contributed by atoms with van der Waals surface area (Å²) in [7, 11) is 0. The van der Waals surface area contributed by atoms with E-state index in [1.807, 2.05) is 0 Å². The Balaban J connectivity index is 2.56. The van der Waals surface area contributed by atoms with Gasteiger partial charge in [0, 0.05) is 0 Å². The van der Waals surface area contributed by atoms with Gasteiger partial charge in [-0.2, -0.15) is 0 Å². The van der Waals surface area contributed by atoms with E-state index in [1.54, 1.807) is 0 Å². The highest BCUT2D eigenvalue weighted by Crippen LogP contribution is 2.15. The molecular formula is C9H10F2O4. The third kappa shape index (κ3) is 3.32. The van der Waals surface area contributed by atoms with Crippen LogP contribution in [0.25, 0.3) is 0 Å². The van der Waals surface area contributed by atoms with E-state index >= 15 is 0 Å². The first-order valence-corrected chi connectivity index (χ1v) is 4.19. The highest BCUT2D eigenvalue weighted by atomic mass is 19.3. The Kier molecular flexibility index (Phi) is 3.79. The molecule has 0 saturated heterocycles. The largest absolute Gasteiger partial charge is 0.478 e. The number of aromatic carboxylic acids is 1. The van der Waals surface area contributed by atoms with Crippen LogP contribution in [0, 0.1) is 6.92 Å². The van der Waals surface area contributed by atoms with Crippen molar-refractivity contribution in [3.8, 4) is 0 Å². The topological polar surface area (TPSA) is 59.7 Å².